The van der Waals surface area contributed by atoms with Gasteiger partial charge in [0.25, 0.3) is 5.91 Å². The van der Waals surface area contributed by atoms with Crippen molar-refractivity contribution in [2.24, 2.45) is 0 Å². The number of H-pyrrole nitrogens is 1. The molecular formula is C19H18BrN3O2. The van der Waals surface area contributed by atoms with Gasteiger partial charge in [-0.2, -0.15) is 5.10 Å². The van der Waals surface area contributed by atoms with Gasteiger partial charge >= 0.3 is 0 Å². The molecule has 1 aromatic heterocycles. The fourth-order valence-corrected chi connectivity index (χ4v) is 3.06. The van der Waals surface area contributed by atoms with E-state index in [4.69, 9.17) is 4.74 Å². The lowest BCUT2D eigenvalue weighted by Crippen LogP contribution is -2.26. The van der Waals surface area contributed by atoms with Crippen molar-refractivity contribution in [3.63, 3.8) is 0 Å². The Balaban J connectivity index is 1.72. The minimum atomic E-state index is -0.200. The van der Waals surface area contributed by atoms with E-state index in [9.17, 15) is 4.79 Å². The second-order valence-electron chi connectivity index (χ2n) is 5.62. The van der Waals surface area contributed by atoms with Gasteiger partial charge in [0.1, 0.15) is 11.4 Å². The van der Waals surface area contributed by atoms with Gasteiger partial charge in [-0.05, 0) is 46.6 Å². The number of hydrogen-bond acceptors (Lipinski definition) is 3. The Hall–Kier alpha value is -2.60. The van der Waals surface area contributed by atoms with Gasteiger partial charge in [-0.1, -0.05) is 36.4 Å². The van der Waals surface area contributed by atoms with E-state index in [1.807, 2.05) is 55.5 Å². The third kappa shape index (κ3) is 3.91. The lowest BCUT2D eigenvalue weighted by atomic mass is 10.1. The van der Waals surface area contributed by atoms with Gasteiger partial charge in [-0.25, -0.2) is 0 Å². The molecule has 2 aromatic carbocycles. The van der Waals surface area contributed by atoms with Crippen LogP contribution in [-0.4, -0.2) is 23.2 Å². The van der Waals surface area contributed by atoms with E-state index in [-0.39, 0.29) is 11.9 Å². The molecule has 0 aliphatic heterocycles. The normalized spacial score (nSPS) is 11.8. The van der Waals surface area contributed by atoms with Crippen LogP contribution in [0.3, 0.4) is 0 Å². The Morgan fingerprint density at radius 3 is 2.64 bits per heavy atom. The van der Waals surface area contributed by atoms with Gasteiger partial charge in [0.2, 0.25) is 0 Å². The number of carbonyl (C=O) groups is 1. The number of amides is 1. The predicted octanol–water partition coefficient (Wildman–Crippen LogP) is 4.34. The van der Waals surface area contributed by atoms with Crippen LogP contribution in [0.4, 0.5) is 0 Å². The van der Waals surface area contributed by atoms with Crippen molar-refractivity contribution < 1.29 is 9.53 Å². The minimum absolute atomic E-state index is 0.154. The van der Waals surface area contributed by atoms with Crippen molar-refractivity contribution >= 4 is 21.8 Å². The highest BCUT2D eigenvalue weighted by Gasteiger charge is 2.15. The molecule has 1 amide bonds. The van der Waals surface area contributed by atoms with Crippen LogP contribution in [0.2, 0.25) is 0 Å². The first-order valence-corrected chi connectivity index (χ1v) is 8.63. The topological polar surface area (TPSA) is 67.0 Å². The summed E-state index contributed by atoms with van der Waals surface area (Å²) in [6.07, 6.45) is 0. The Labute approximate surface area is 154 Å². The SMILES string of the molecule is COc1ccc([C@@H](C)NC(=O)c2cc(-c3ccccc3)n[nH]2)cc1Br. The predicted molar refractivity (Wildman–Crippen MR) is 101 cm³/mol. The first kappa shape index (κ1) is 17.2. The maximum Gasteiger partial charge on any atom is 0.269 e. The van der Waals surface area contributed by atoms with Gasteiger partial charge in [0.05, 0.1) is 23.3 Å². The number of rotatable bonds is 5. The van der Waals surface area contributed by atoms with E-state index in [2.05, 4.69) is 31.4 Å². The third-order valence-corrected chi connectivity index (χ3v) is 4.54. The number of hydrogen-bond donors (Lipinski definition) is 2. The Bertz CT molecular complexity index is 877. The largest absolute Gasteiger partial charge is 0.496 e. The Morgan fingerprint density at radius 1 is 1.20 bits per heavy atom. The molecule has 6 heteroatoms. The molecule has 0 aliphatic carbocycles. The summed E-state index contributed by atoms with van der Waals surface area (Å²) in [4.78, 5) is 12.5. The summed E-state index contributed by atoms with van der Waals surface area (Å²) in [5, 5.41) is 9.98. The monoisotopic (exact) mass is 399 g/mol. The number of aromatic amines is 1. The van der Waals surface area contributed by atoms with Crippen LogP contribution in [-0.2, 0) is 0 Å². The van der Waals surface area contributed by atoms with E-state index >= 15 is 0 Å². The maximum absolute atomic E-state index is 12.5. The molecule has 3 rings (SSSR count). The molecule has 0 aliphatic rings. The lowest BCUT2D eigenvalue weighted by molar-refractivity contribution is 0.0935. The molecule has 2 N–H and O–H groups in total. The Morgan fingerprint density at radius 2 is 1.96 bits per heavy atom. The van der Waals surface area contributed by atoms with Crippen LogP contribution >= 0.6 is 15.9 Å². The highest BCUT2D eigenvalue weighted by atomic mass is 79.9. The molecular weight excluding hydrogens is 382 g/mol. The molecule has 5 nitrogen and oxygen atoms in total. The number of ether oxygens (including phenoxy) is 1. The number of halogens is 1. The minimum Gasteiger partial charge on any atom is -0.496 e. The van der Waals surface area contributed by atoms with Gasteiger partial charge in [0.15, 0.2) is 0 Å². The summed E-state index contributed by atoms with van der Waals surface area (Å²) in [6, 6.07) is 17.1. The molecule has 1 atom stereocenters. The highest BCUT2D eigenvalue weighted by molar-refractivity contribution is 9.10. The third-order valence-electron chi connectivity index (χ3n) is 3.92. The van der Waals surface area contributed by atoms with Gasteiger partial charge in [0, 0.05) is 5.56 Å². The van der Waals surface area contributed by atoms with Crippen molar-refractivity contribution in [3.8, 4) is 17.0 Å². The van der Waals surface area contributed by atoms with Crippen molar-refractivity contribution in [3.05, 3.63) is 70.3 Å². The second kappa shape index (κ2) is 7.53. The average molecular weight is 400 g/mol. The maximum atomic E-state index is 12.5. The first-order chi connectivity index (χ1) is 12.1. The Kier molecular flexibility index (Phi) is 5.19. The quantitative estimate of drug-likeness (QED) is 0.670. The van der Waals surface area contributed by atoms with E-state index in [0.717, 1.165) is 27.0 Å². The summed E-state index contributed by atoms with van der Waals surface area (Å²) < 4.78 is 6.08. The first-order valence-electron chi connectivity index (χ1n) is 7.83. The molecule has 0 saturated carbocycles. The zero-order valence-electron chi connectivity index (χ0n) is 13.9. The molecule has 0 saturated heterocycles. The highest BCUT2D eigenvalue weighted by Crippen LogP contribution is 2.28. The van der Waals surface area contributed by atoms with Gasteiger partial charge in [-0.3, -0.25) is 9.89 Å². The molecule has 0 spiro atoms. The summed E-state index contributed by atoms with van der Waals surface area (Å²) in [7, 11) is 1.62. The van der Waals surface area contributed by atoms with Gasteiger partial charge < -0.3 is 10.1 Å². The van der Waals surface area contributed by atoms with E-state index in [1.165, 1.54) is 0 Å². The van der Waals surface area contributed by atoms with Crippen LogP contribution in [0.1, 0.15) is 29.0 Å². The molecule has 0 fully saturated rings. The van der Waals surface area contributed by atoms with E-state index in [0.29, 0.717) is 5.69 Å². The van der Waals surface area contributed by atoms with Crippen molar-refractivity contribution in [1.29, 1.82) is 0 Å². The standard InChI is InChI=1S/C19H18BrN3O2/c1-12(14-8-9-18(25-2)15(20)10-14)21-19(24)17-11-16(22-23-17)13-6-4-3-5-7-13/h3-12H,1-2H3,(H,21,24)(H,22,23)/t12-/m1/s1. The zero-order chi connectivity index (χ0) is 17.8. The molecule has 0 bridgehead atoms. The summed E-state index contributed by atoms with van der Waals surface area (Å²) in [5.74, 6) is 0.553. The van der Waals surface area contributed by atoms with Crippen LogP contribution < -0.4 is 10.1 Å². The average Bonchev–Trinajstić information content (AvgIpc) is 3.12. The molecule has 1 heterocycles. The van der Waals surface area contributed by atoms with E-state index in [1.54, 1.807) is 13.2 Å². The zero-order valence-corrected chi connectivity index (χ0v) is 15.5. The van der Waals surface area contributed by atoms with Crippen molar-refractivity contribution in [2.45, 2.75) is 13.0 Å². The number of carbonyl (C=O) groups excluding carboxylic acids is 1. The lowest BCUT2D eigenvalue weighted by Gasteiger charge is -2.15. The number of methoxy groups -OCH3 is 1. The molecule has 128 valence electrons. The fourth-order valence-electron chi connectivity index (χ4n) is 2.50. The molecule has 0 unspecified atom stereocenters. The number of benzene rings is 2. The number of aromatic nitrogens is 2. The second-order valence-corrected chi connectivity index (χ2v) is 6.48. The van der Waals surface area contributed by atoms with Crippen LogP contribution in [0.25, 0.3) is 11.3 Å². The molecule has 25 heavy (non-hydrogen) atoms. The summed E-state index contributed by atoms with van der Waals surface area (Å²) in [6.45, 7) is 1.93. The smallest absolute Gasteiger partial charge is 0.269 e. The summed E-state index contributed by atoms with van der Waals surface area (Å²) >= 11 is 3.46. The van der Waals surface area contributed by atoms with E-state index < -0.39 is 0 Å². The van der Waals surface area contributed by atoms with Crippen LogP contribution in [0.5, 0.6) is 5.75 Å². The molecule has 3 aromatic rings. The number of nitrogens with one attached hydrogen (secondary N) is 2. The fraction of sp³-hybridized carbons (Fsp3) is 0.158. The number of nitrogens with zero attached hydrogens (tertiary/aromatic N) is 1. The summed E-state index contributed by atoms with van der Waals surface area (Å²) in [5.41, 5.74) is 3.11. The van der Waals surface area contributed by atoms with Crippen molar-refractivity contribution in [1.82, 2.24) is 15.5 Å². The van der Waals surface area contributed by atoms with Gasteiger partial charge in [-0.15, -0.1) is 0 Å². The van der Waals surface area contributed by atoms with Crippen LogP contribution in [0, 0.1) is 0 Å². The molecule has 0 radical (unpaired) electrons. The van der Waals surface area contributed by atoms with Crippen LogP contribution in [0.15, 0.2) is 59.1 Å². The van der Waals surface area contributed by atoms with Crippen molar-refractivity contribution in [2.75, 3.05) is 7.11 Å².